The SMILES string of the molecule is S=c1[nH]cc(CSCOc2ccc(I)cc2)o1. The second-order valence-corrected chi connectivity index (χ2v) is 5.76. The van der Waals surface area contributed by atoms with Crippen LogP contribution in [0.1, 0.15) is 5.76 Å². The Morgan fingerprint density at radius 3 is 2.76 bits per heavy atom. The summed E-state index contributed by atoms with van der Waals surface area (Å²) in [7, 11) is 0. The molecule has 0 unspecified atom stereocenters. The van der Waals surface area contributed by atoms with Crippen LogP contribution in [0.25, 0.3) is 0 Å². The van der Waals surface area contributed by atoms with Gasteiger partial charge in [-0.25, -0.2) is 0 Å². The average molecular weight is 379 g/mol. The van der Waals surface area contributed by atoms with Crippen LogP contribution in [0.2, 0.25) is 0 Å². The Balaban J connectivity index is 1.73. The molecule has 2 rings (SSSR count). The predicted octanol–water partition coefficient (Wildman–Crippen LogP) is 4.21. The number of thioether (sulfide) groups is 1. The first kappa shape index (κ1) is 13.0. The maximum atomic E-state index is 5.57. The van der Waals surface area contributed by atoms with Crippen LogP contribution in [0.15, 0.2) is 34.9 Å². The Morgan fingerprint density at radius 1 is 1.35 bits per heavy atom. The Kier molecular flexibility index (Phi) is 4.93. The third kappa shape index (κ3) is 4.36. The summed E-state index contributed by atoms with van der Waals surface area (Å²) in [5.74, 6) is 3.06. The van der Waals surface area contributed by atoms with Crippen molar-refractivity contribution in [1.82, 2.24) is 4.98 Å². The van der Waals surface area contributed by atoms with Gasteiger partial charge in [0, 0.05) is 9.77 Å². The molecule has 0 saturated heterocycles. The number of hydrogen-bond donors (Lipinski definition) is 1. The summed E-state index contributed by atoms with van der Waals surface area (Å²) < 4.78 is 12.0. The quantitative estimate of drug-likeness (QED) is 0.366. The molecule has 0 bridgehead atoms. The van der Waals surface area contributed by atoms with Crippen molar-refractivity contribution >= 4 is 46.6 Å². The van der Waals surface area contributed by atoms with Gasteiger partial charge in [0.25, 0.3) is 4.84 Å². The second kappa shape index (κ2) is 6.46. The number of oxazole rings is 1. The lowest BCUT2D eigenvalue weighted by Gasteiger charge is -2.04. The van der Waals surface area contributed by atoms with Crippen LogP contribution < -0.4 is 4.74 Å². The molecule has 2 aromatic rings. The highest BCUT2D eigenvalue weighted by molar-refractivity contribution is 14.1. The molecule has 0 radical (unpaired) electrons. The van der Waals surface area contributed by atoms with E-state index >= 15 is 0 Å². The smallest absolute Gasteiger partial charge is 0.266 e. The summed E-state index contributed by atoms with van der Waals surface area (Å²) in [5.41, 5.74) is 0. The molecule has 17 heavy (non-hydrogen) atoms. The van der Waals surface area contributed by atoms with E-state index in [1.807, 2.05) is 24.3 Å². The van der Waals surface area contributed by atoms with Gasteiger partial charge < -0.3 is 14.1 Å². The zero-order valence-corrected chi connectivity index (χ0v) is 12.6. The van der Waals surface area contributed by atoms with Gasteiger partial charge in [0.05, 0.1) is 5.75 Å². The minimum Gasteiger partial charge on any atom is -0.483 e. The molecule has 0 amide bonds. The van der Waals surface area contributed by atoms with Crippen LogP contribution in [0.3, 0.4) is 0 Å². The number of halogens is 1. The number of rotatable bonds is 5. The lowest BCUT2D eigenvalue weighted by molar-refractivity contribution is 0.392. The van der Waals surface area contributed by atoms with Crippen LogP contribution in [-0.4, -0.2) is 10.9 Å². The fourth-order valence-corrected chi connectivity index (χ4v) is 2.34. The Labute approximate surface area is 122 Å². The molecule has 0 aliphatic heterocycles. The Hall–Kier alpha value is -0.470. The molecule has 90 valence electrons. The van der Waals surface area contributed by atoms with Gasteiger partial charge in [-0.1, -0.05) is 0 Å². The van der Waals surface area contributed by atoms with E-state index in [-0.39, 0.29) is 0 Å². The van der Waals surface area contributed by atoms with Crippen LogP contribution in [0.4, 0.5) is 0 Å². The van der Waals surface area contributed by atoms with Crippen molar-refractivity contribution < 1.29 is 9.15 Å². The first-order chi connectivity index (χ1) is 8.24. The van der Waals surface area contributed by atoms with Gasteiger partial charge >= 0.3 is 0 Å². The van der Waals surface area contributed by atoms with Crippen LogP contribution in [-0.2, 0) is 5.75 Å². The second-order valence-electron chi connectivity index (χ2n) is 3.21. The van der Waals surface area contributed by atoms with Crippen molar-refractivity contribution in [2.75, 3.05) is 5.94 Å². The van der Waals surface area contributed by atoms with Gasteiger partial charge in [0.2, 0.25) is 0 Å². The van der Waals surface area contributed by atoms with Gasteiger partial charge in [0.15, 0.2) is 0 Å². The molecule has 0 spiro atoms. The maximum Gasteiger partial charge on any atom is 0.266 e. The number of H-pyrrole nitrogens is 1. The molecular weight excluding hydrogens is 369 g/mol. The number of ether oxygens (including phenoxy) is 1. The monoisotopic (exact) mass is 379 g/mol. The van der Waals surface area contributed by atoms with Crippen LogP contribution >= 0.6 is 46.6 Å². The van der Waals surface area contributed by atoms with E-state index in [1.54, 1.807) is 18.0 Å². The summed E-state index contributed by atoms with van der Waals surface area (Å²) in [6, 6.07) is 7.96. The molecule has 0 saturated carbocycles. The molecule has 1 heterocycles. The van der Waals surface area contributed by atoms with E-state index in [0.29, 0.717) is 10.8 Å². The van der Waals surface area contributed by atoms with E-state index in [0.717, 1.165) is 17.3 Å². The average Bonchev–Trinajstić information content (AvgIpc) is 2.73. The number of nitrogens with one attached hydrogen (secondary N) is 1. The molecule has 1 aromatic heterocycles. The van der Waals surface area contributed by atoms with Crippen molar-refractivity contribution in [1.29, 1.82) is 0 Å². The van der Waals surface area contributed by atoms with Gasteiger partial charge in [-0.15, -0.1) is 11.8 Å². The molecule has 0 fully saturated rings. The maximum absolute atomic E-state index is 5.57. The van der Waals surface area contributed by atoms with E-state index in [4.69, 9.17) is 21.4 Å². The summed E-state index contributed by atoms with van der Waals surface area (Å²) in [5, 5.41) is 0. The van der Waals surface area contributed by atoms with Crippen molar-refractivity contribution in [2.45, 2.75) is 5.75 Å². The third-order valence-electron chi connectivity index (χ3n) is 1.94. The molecule has 6 heteroatoms. The normalized spacial score (nSPS) is 10.4. The first-order valence-corrected chi connectivity index (χ1v) is 7.52. The zero-order valence-electron chi connectivity index (χ0n) is 8.81. The van der Waals surface area contributed by atoms with Crippen molar-refractivity contribution in [3.8, 4) is 5.75 Å². The minimum atomic E-state index is 0.416. The minimum absolute atomic E-state index is 0.416. The zero-order chi connectivity index (χ0) is 12.1. The summed E-state index contributed by atoms with van der Waals surface area (Å²) in [6.45, 7) is 0. The van der Waals surface area contributed by atoms with Crippen LogP contribution in [0.5, 0.6) is 5.75 Å². The topological polar surface area (TPSA) is 38.2 Å². The number of aromatic nitrogens is 1. The van der Waals surface area contributed by atoms with E-state index < -0.39 is 0 Å². The highest BCUT2D eigenvalue weighted by Gasteiger charge is 1.98. The van der Waals surface area contributed by atoms with Crippen LogP contribution in [0, 0.1) is 8.41 Å². The van der Waals surface area contributed by atoms with E-state index in [9.17, 15) is 0 Å². The Bertz CT molecular complexity index is 521. The van der Waals surface area contributed by atoms with Gasteiger partial charge in [-0.2, -0.15) is 0 Å². The lowest BCUT2D eigenvalue weighted by atomic mass is 10.3. The summed E-state index contributed by atoms with van der Waals surface area (Å²) >= 11 is 8.74. The standard InChI is InChI=1S/C11H10INO2S2/c12-8-1-3-9(4-2-8)14-7-17-6-10-5-13-11(16)15-10/h1-5H,6-7H2,(H,13,16). The predicted molar refractivity (Wildman–Crippen MR) is 79.8 cm³/mol. The highest BCUT2D eigenvalue weighted by atomic mass is 127. The van der Waals surface area contributed by atoms with E-state index in [1.165, 1.54) is 3.57 Å². The van der Waals surface area contributed by atoms with Crippen molar-refractivity contribution in [3.05, 3.63) is 44.6 Å². The summed E-state index contributed by atoms with van der Waals surface area (Å²) in [6.07, 6.45) is 1.78. The highest BCUT2D eigenvalue weighted by Crippen LogP contribution is 2.17. The van der Waals surface area contributed by atoms with E-state index in [2.05, 4.69) is 27.6 Å². The third-order valence-corrected chi connectivity index (χ3v) is 3.64. The lowest BCUT2D eigenvalue weighted by Crippen LogP contribution is -1.93. The molecule has 0 aliphatic rings. The van der Waals surface area contributed by atoms with Crippen molar-refractivity contribution in [2.24, 2.45) is 0 Å². The van der Waals surface area contributed by atoms with Gasteiger partial charge in [-0.05, 0) is 59.1 Å². The van der Waals surface area contributed by atoms with Gasteiger partial charge in [-0.3, -0.25) is 0 Å². The van der Waals surface area contributed by atoms with Gasteiger partial charge in [0.1, 0.15) is 17.4 Å². The fourth-order valence-electron chi connectivity index (χ4n) is 1.17. The molecule has 0 atom stereocenters. The molecular formula is C11H10INO2S2. The summed E-state index contributed by atoms with van der Waals surface area (Å²) in [4.78, 5) is 3.24. The molecule has 0 aliphatic carbocycles. The molecule has 1 aromatic carbocycles. The first-order valence-electron chi connectivity index (χ1n) is 4.87. The fraction of sp³-hybridized carbons (Fsp3) is 0.182. The molecule has 1 N–H and O–H groups in total. The number of hydrogen-bond acceptors (Lipinski definition) is 4. The molecule has 3 nitrogen and oxygen atoms in total. The number of aromatic amines is 1. The largest absolute Gasteiger partial charge is 0.483 e. The number of benzene rings is 1. The Morgan fingerprint density at radius 2 is 2.12 bits per heavy atom. The van der Waals surface area contributed by atoms with Crippen molar-refractivity contribution in [3.63, 3.8) is 0 Å².